The standard InChI is InChI=1S/C25H23N3O2/c1-17-14-27-23(15-26-17)16-30-24-11-10-19-6-9-21(12-22(19)13-24)18-4-7-20(8-5-18)25(29)28(2)3/h4-15H,16H2,1-3H3. The Kier molecular flexibility index (Phi) is 5.44. The van der Waals surface area contributed by atoms with Crippen molar-refractivity contribution < 1.29 is 9.53 Å². The number of hydrogen-bond donors (Lipinski definition) is 0. The van der Waals surface area contributed by atoms with E-state index in [-0.39, 0.29) is 5.91 Å². The molecule has 4 aromatic rings. The summed E-state index contributed by atoms with van der Waals surface area (Å²) >= 11 is 0. The summed E-state index contributed by atoms with van der Waals surface area (Å²) in [5.74, 6) is 0.786. The maximum absolute atomic E-state index is 12.1. The van der Waals surface area contributed by atoms with E-state index in [0.29, 0.717) is 12.2 Å². The van der Waals surface area contributed by atoms with E-state index in [1.165, 1.54) is 0 Å². The van der Waals surface area contributed by atoms with Crippen LogP contribution in [0.3, 0.4) is 0 Å². The normalized spacial score (nSPS) is 10.8. The van der Waals surface area contributed by atoms with Crippen molar-refractivity contribution in [1.82, 2.24) is 14.9 Å². The Labute approximate surface area is 176 Å². The van der Waals surface area contributed by atoms with E-state index in [0.717, 1.165) is 39.0 Å². The molecule has 150 valence electrons. The first kappa shape index (κ1) is 19.6. The fourth-order valence-corrected chi connectivity index (χ4v) is 3.21. The molecule has 0 radical (unpaired) electrons. The van der Waals surface area contributed by atoms with Gasteiger partial charge in [-0.2, -0.15) is 0 Å². The molecule has 3 aromatic carbocycles. The van der Waals surface area contributed by atoms with E-state index < -0.39 is 0 Å². The molecule has 0 saturated heterocycles. The van der Waals surface area contributed by atoms with Crippen molar-refractivity contribution in [2.24, 2.45) is 0 Å². The van der Waals surface area contributed by atoms with Gasteiger partial charge in [-0.15, -0.1) is 0 Å². The van der Waals surface area contributed by atoms with Crippen molar-refractivity contribution >= 4 is 16.7 Å². The first-order valence-electron chi connectivity index (χ1n) is 9.76. The molecule has 1 heterocycles. The highest BCUT2D eigenvalue weighted by Crippen LogP contribution is 2.28. The number of fused-ring (bicyclic) bond motifs is 1. The fraction of sp³-hybridized carbons (Fsp3) is 0.160. The maximum atomic E-state index is 12.1. The zero-order chi connectivity index (χ0) is 21.1. The van der Waals surface area contributed by atoms with Gasteiger partial charge in [-0.25, -0.2) is 0 Å². The first-order valence-corrected chi connectivity index (χ1v) is 9.76. The molecule has 5 nitrogen and oxygen atoms in total. The molecule has 0 bridgehead atoms. The lowest BCUT2D eigenvalue weighted by molar-refractivity contribution is 0.0827. The number of nitrogens with zero attached hydrogens (tertiary/aromatic N) is 3. The molecule has 0 aliphatic heterocycles. The number of hydrogen-bond acceptors (Lipinski definition) is 4. The summed E-state index contributed by atoms with van der Waals surface area (Å²) in [5.41, 5.74) is 4.51. The lowest BCUT2D eigenvalue weighted by Crippen LogP contribution is -2.21. The SMILES string of the molecule is Cc1cnc(COc2ccc3ccc(-c4ccc(C(=O)N(C)C)cc4)cc3c2)cn1. The molecule has 0 aliphatic rings. The van der Waals surface area contributed by atoms with E-state index in [2.05, 4.69) is 28.2 Å². The van der Waals surface area contributed by atoms with Crippen molar-refractivity contribution in [2.75, 3.05) is 14.1 Å². The second-order valence-electron chi connectivity index (χ2n) is 7.44. The Hall–Kier alpha value is -3.73. The van der Waals surface area contributed by atoms with E-state index in [4.69, 9.17) is 4.74 Å². The van der Waals surface area contributed by atoms with Gasteiger partial charge in [0.2, 0.25) is 0 Å². The number of carbonyl (C=O) groups excluding carboxylic acids is 1. The van der Waals surface area contributed by atoms with E-state index in [1.807, 2.05) is 49.4 Å². The number of aryl methyl sites for hydroxylation is 1. The molecule has 0 saturated carbocycles. The van der Waals surface area contributed by atoms with Gasteiger partial charge in [0.25, 0.3) is 5.91 Å². The Morgan fingerprint density at radius 1 is 0.867 bits per heavy atom. The molecule has 0 atom stereocenters. The highest BCUT2D eigenvalue weighted by Gasteiger charge is 2.08. The van der Waals surface area contributed by atoms with Crippen LogP contribution >= 0.6 is 0 Å². The lowest BCUT2D eigenvalue weighted by atomic mass is 10.00. The summed E-state index contributed by atoms with van der Waals surface area (Å²) in [6.07, 6.45) is 3.47. The molecule has 0 spiro atoms. The quantitative estimate of drug-likeness (QED) is 0.481. The Balaban J connectivity index is 1.55. The monoisotopic (exact) mass is 397 g/mol. The smallest absolute Gasteiger partial charge is 0.253 e. The van der Waals surface area contributed by atoms with Crippen LogP contribution in [0, 0.1) is 6.92 Å². The molecule has 1 amide bonds. The zero-order valence-electron chi connectivity index (χ0n) is 17.3. The van der Waals surface area contributed by atoms with Crippen molar-refractivity contribution in [3.63, 3.8) is 0 Å². The average molecular weight is 397 g/mol. The van der Waals surface area contributed by atoms with Gasteiger partial charge in [-0.3, -0.25) is 14.8 Å². The number of benzene rings is 3. The van der Waals surface area contributed by atoms with Crippen LogP contribution in [0.1, 0.15) is 21.7 Å². The third-order valence-electron chi connectivity index (χ3n) is 4.90. The molecule has 0 aliphatic carbocycles. The minimum atomic E-state index is 0.000110. The summed E-state index contributed by atoms with van der Waals surface area (Å²) in [5, 5.41) is 2.23. The second kappa shape index (κ2) is 8.33. The van der Waals surface area contributed by atoms with E-state index in [9.17, 15) is 4.79 Å². The zero-order valence-corrected chi connectivity index (χ0v) is 17.3. The van der Waals surface area contributed by atoms with Crippen molar-refractivity contribution in [2.45, 2.75) is 13.5 Å². The van der Waals surface area contributed by atoms with Crippen LogP contribution in [-0.4, -0.2) is 34.9 Å². The van der Waals surface area contributed by atoms with Crippen LogP contribution in [0.25, 0.3) is 21.9 Å². The molecule has 1 aromatic heterocycles. The minimum absolute atomic E-state index is 0.000110. The van der Waals surface area contributed by atoms with Gasteiger partial charge in [0.05, 0.1) is 17.6 Å². The predicted octanol–water partition coefficient (Wildman–Crippen LogP) is 4.89. The van der Waals surface area contributed by atoms with Crippen molar-refractivity contribution in [1.29, 1.82) is 0 Å². The summed E-state index contributed by atoms with van der Waals surface area (Å²) < 4.78 is 5.91. The second-order valence-corrected chi connectivity index (χ2v) is 7.44. The number of ether oxygens (including phenoxy) is 1. The topological polar surface area (TPSA) is 55.3 Å². The van der Waals surface area contributed by atoms with Crippen LogP contribution in [0.5, 0.6) is 5.75 Å². The molecule has 30 heavy (non-hydrogen) atoms. The Bertz CT molecular complexity index is 1180. The molecule has 0 N–H and O–H groups in total. The summed E-state index contributed by atoms with van der Waals surface area (Å²) in [6.45, 7) is 2.28. The summed E-state index contributed by atoms with van der Waals surface area (Å²) in [6, 6.07) is 20.1. The van der Waals surface area contributed by atoms with E-state index in [1.54, 1.807) is 31.4 Å². The van der Waals surface area contributed by atoms with Crippen LogP contribution in [-0.2, 0) is 6.61 Å². The van der Waals surface area contributed by atoms with Crippen LogP contribution in [0.4, 0.5) is 0 Å². The lowest BCUT2D eigenvalue weighted by Gasteiger charge is -2.11. The van der Waals surface area contributed by atoms with Gasteiger partial charge in [0, 0.05) is 25.9 Å². The van der Waals surface area contributed by atoms with E-state index >= 15 is 0 Å². The minimum Gasteiger partial charge on any atom is -0.487 e. The molecular formula is C25H23N3O2. The van der Waals surface area contributed by atoms with Gasteiger partial charge < -0.3 is 9.64 Å². The average Bonchev–Trinajstić information content (AvgIpc) is 2.77. The summed E-state index contributed by atoms with van der Waals surface area (Å²) in [4.78, 5) is 22.2. The first-order chi connectivity index (χ1) is 14.5. The molecular weight excluding hydrogens is 374 g/mol. The maximum Gasteiger partial charge on any atom is 0.253 e. The number of aromatic nitrogens is 2. The predicted molar refractivity (Wildman–Crippen MR) is 119 cm³/mol. The summed E-state index contributed by atoms with van der Waals surface area (Å²) in [7, 11) is 3.51. The highest BCUT2D eigenvalue weighted by atomic mass is 16.5. The van der Waals surface area contributed by atoms with Crippen LogP contribution in [0.2, 0.25) is 0 Å². The molecule has 0 unspecified atom stereocenters. The van der Waals surface area contributed by atoms with Gasteiger partial charge in [0.1, 0.15) is 12.4 Å². The van der Waals surface area contributed by atoms with Gasteiger partial charge >= 0.3 is 0 Å². The number of amides is 1. The molecule has 5 heteroatoms. The largest absolute Gasteiger partial charge is 0.487 e. The third-order valence-corrected chi connectivity index (χ3v) is 4.90. The van der Waals surface area contributed by atoms with Crippen molar-refractivity contribution in [3.05, 3.63) is 90.0 Å². The van der Waals surface area contributed by atoms with Gasteiger partial charge in [0.15, 0.2) is 0 Å². The number of rotatable bonds is 5. The Morgan fingerprint density at radius 2 is 1.60 bits per heavy atom. The third kappa shape index (κ3) is 4.30. The van der Waals surface area contributed by atoms with Crippen molar-refractivity contribution in [3.8, 4) is 16.9 Å². The fourth-order valence-electron chi connectivity index (χ4n) is 3.21. The number of carbonyl (C=O) groups is 1. The molecule has 0 fully saturated rings. The van der Waals surface area contributed by atoms with Crippen LogP contribution in [0.15, 0.2) is 73.1 Å². The molecule has 4 rings (SSSR count). The highest BCUT2D eigenvalue weighted by molar-refractivity contribution is 5.94. The Morgan fingerprint density at radius 3 is 2.30 bits per heavy atom. The van der Waals surface area contributed by atoms with Crippen LogP contribution < -0.4 is 4.74 Å². The van der Waals surface area contributed by atoms with Gasteiger partial charge in [-0.1, -0.05) is 30.3 Å². The van der Waals surface area contributed by atoms with Gasteiger partial charge in [-0.05, 0) is 59.2 Å².